The average molecular weight is 278 g/mol. The quantitative estimate of drug-likeness (QED) is 0.711. The van der Waals surface area contributed by atoms with Crippen molar-refractivity contribution in [3.8, 4) is 0 Å². The van der Waals surface area contributed by atoms with Crippen molar-refractivity contribution >= 4 is 23.0 Å². The van der Waals surface area contributed by atoms with Crippen LogP contribution in [0.15, 0.2) is 42.7 Å². The number of aliphatic hydroxyl groups is 1. The monoisotopic (exact) mass is 278 g/mol. The summed E-state index contributed by atoms with van der Waals surface area (Å²) < 4.78 is 1.94. The Bertz CT molecular complexity index is 602. The third kappa shape index (κ3) is 4.91. The van der Waals surface area contributed by atoms with Gasteiger partial charge in [-0.2, -0.15) is 0 Å². The average Bonchev–Trinajstić information content (AvgIpc) is 2.81. The fourth-order valence-electron chi connectivity index (χ4n) is 1.44. The number of benzene rings is 1. The zero-order chi connectivity index (χ0) is 15.0. The lowest BCUT2D eigenvalue weighted by molar-refractivity contribution is -0.134. The van der Waals surface area contributed by atoms with E-state index in [1.807, 2.05) is 28.8 Å². The van der Waals surface area contributed by atoms with Gasteiger partial charge in [-0.15, -0.1) is 0 Å². The van der Waals surface area contributed by atoms with Crippen molar-refractivity contribution in [2.24, 2.45) is 0 Å². The molecule has 0 atom stereocenters. The van der Waals surface area contributed by atoms with Crippen molar-refractivity contribution in [1.29, 1.82) is 0 Å². The van der Waals surface area contributed by atoms with E-state index in [1.54, 1.807) is 6.33 Å². The van der Waals surface area contributed by atoms with Crippen molar-refractivity contribution < 1.29 is 24.9 Å². The number of rotatable bonds is 4. The van der Waals surface area contributed by atoms with Crippen molar-refractivity contribution in [3.05, 3.63) is 42.7 Å². The van der Waals surface area contributed by atoms with Crippen LogP contribution in [-0.2, 0) is 16.1 Å². The molecular weight excluding hydrogens is 264 g/mol. The summed E-state index contributed by atoms with van der Waals surface area (Å²) >= 11 is 0. The number of aliphatic carboxylic acids is 2. The van der Waals surface area contributed by atoms with E-state index in [1.165, 1.54) is 0 Å². The van der Waals surface area contributed by atoms with Crippen LogP contribution in [0, 0.1) is 0 Å². The van der Waals surface area contributed by atoms with Crippen LogP contribution < -0.4 is 0 Å². The number of aromatic nitrogens is 2. The molecule has 0 saturated heterocycles. The smallest absolute Gasteiger partial charge is 0.328 e. The van der Waals surface area contributed by atoms with Crippen LogP contribution in [0.2, 0.25) is 0 Å². The van der Waals surface area contributed by atoms with E-state index < -0.39 is 11.9 Å². The fraction of sp³-hybridized carbons (Fsp3) is 0.154. The SMILES string of the molecule is O=C(O)/C=C/C(=O)O.OCCn1cnc2ccccc21. The standard InChI is InChI=1S/C9H10N2O.C4H4O4/c12-6-5-11-7-10-8-3-1-2-4-9(8)11;5-3(6)1-2-4(7)8/h1-4,7,12H,5-6H2;1-2H,(H,5,6)(H,7,8)/b;2-1+. The van der Waals surface area contributed by atoms with Gasteiger partial charge >= 0.3 is 11.9 Å². The number of aliphatic hydroxyl groups excluding tert-OH is 1. The molecule has 1 aromatic heterocycles. The molecule has 0 amide bonds. The third-order valence-electron chi connectivity index (χ3n) is 2.24. The maximum Gasteiger partial charge on any atom is 0.328 e. The zero-order valence-corrected chi connectivity index (χ0v) is 10.5. The number of hydrogen-bond acceptors (Lipinski definition) is 4. The minimum Gasteiger partial charge on any atom is -0.478 e. The summed E-state index contributed by atoms with van der Waals surface area (Å²) in [7, 11) is 0. The number of imidazole rings is 1. The minimum atomic E-state index is -1.26. The van der Waals surface area contributed by atoms with E-state index in [4.69, 9.17) is 15.3 Å². The van der Waals surface area contributed by atoms with Crippen LogP contribution in [-0.4, -0.2) is 43.4 Å². The van der Waals surface area contributed by atoms with E-state index in [2.05, 4.69) is 4.98 Å². The van der Waals surface area contributed by atoms with Crippen LogP contribution >= 0.6 is 0 Å². The maximum absolute atomic E-state index is 9.55. The second kappa shape index (κ2) is 7.70. The largest absolute Gasteiger partial charge is 0.478 e. The van der Waals surface area contributed by atoms with Crippen LogP contribution in [0.3, 0.4) is 0 Å². The summed E-state index contributed by atoms with van der Waals surface area (Å²) in [5, 5.41) is 24.4. The van der Waals surface area contributed by atoms with E-state index in [0.29, 0.717) is 18.7 Å². The van der Waals surface area contributed by atoms with E-state index in [0.717, 1.165) is 11.0 Å². The van der Waals surface area contributed by atoms with Gasteiger partial charge in [0.25, 0.3) is 0 Å². The summed E-state index contributed by atoms with van der Waals surface area (Å²) in [5.74, 6) is -2.51. The fourth-order valence-corrected chi connectivity index (χ4v) is 1.44. The maximum atomic E-state index is 9.55. The first-order valence-electron chi connectivity index (χ1n) is 5.69. The molecule has 1 heterocycles. The normalized spacial score (nSPS) is 10.2. The van der Waals surface area contributed by atoms with Gasteiger partial charge in [0.15, 0.2) is 0 Å². The lowest BCUT2D eigenvalue weighted by Crippen LogP contribution is -1.99. The molecule has 3 N–H and O–H groups in total. The molecule has 0 saturated carbocycles. The van der Waals surface area contributed by atoms with Gasteiger partial charge in [-0.25, -0.2) is 14.6 Å². The molecule has 0 aliphatic carbocycles. The topological polar surface area (TPSA) is 113 Å². The molecule has 20 heavy (non-hydrogen) atoms. The van der Waals surface area contributed by atoms with Crippen LogP contribution in [0.5, 0.6) is 0 Å². The molecular formula is C13H14N2O5. The Kier molecular flexibility index (Phi) is 5.92. The van der Waals surface area contributed by atoms with Gasteiger partial charge < -0.3 is 19.9 Å². The van der Waals surface area contributed by atoms with Gasteiger partial charge in [-0.3, -0.25) is 0 Å². The summed E-state index contributed by atoms with van der Waals surface area (Å²) in [6.07, 6.45) is 2.87. The molecule has 106 valence electrons. The van der Waals surface area contributed by atoms with Crippen LogP contribution in [0.4, 0.5) is 0 Å². The van der Waals surface area contributed by atoms with Crippen LogP contribution in [0.1, 0.15) is 0 Å². The highest BCUT2D eigenvalue weighted by Gasteiger charge is 1.98. The molecule has 0 aliphatic heterocycles. The Morgan fingerprint density at radius 3 is 2.30 bits per heavy atom. The molecule has 0 bridgehead atoms. The Hall–Kier alpha value is -2.67. The number of carboxylic acids is 2. The summed E-state index contributed by atoms with van der Waals surface area (Å²) in [4.78, 5) is 23.3. The van der Waals surface area contributed by atoms with Gasteiger partial charge in [-0.1, -0.05) is 12.1 Å². The molecule has 0 spiro atoms. The highest BCUT2D eigenvalue weighted by atomic mass is 16.4. The van der Waals surface area contributed by atoms with E-state index in [9.17, 15) is 9.59 Å². The second-order valence-electron chi connectivity index (χ2n) is 3.66. The summed E-state index contributed by atoms with van der Waals surface area (Å²) in [5.41, 5.74) is 2.05. The first kappa shape index (κ1) is 15.4. The number of carbonyl (C=O) groups is 2. The number of nitrogens with zero attached hydrogens (tertiary/aromatic N) is 2. The second-order valence-corrected chi connectivity index (χ2v) is 3.66. The lowest BCUT2D eigenvalue weighted by Gasteiger charge is -1.98. The molecule has 0 unspecified atom stereocenters. The van der Waals surface area contributed by atoms with Crippen LogP contribution in [0.25, 0.3) is 11.0 Å². The van der Waals surface area contributed by atoms with Crippen molar-refractivity contribution in [2.75, 3.05) is 6.61 Å². The van der Waals surface area contributed by atoms with Gasteiger partial charge in [0.1, 0.15) is 0 Å². The Morgan fingerprint density at radius 2 is 1.75 bits per heavy atom. The first-order chi connectivity index (χ1) is 9.54. The molecule has 2 aromatic rings. The molecule has 2 rings (SSSR count). The molecule has 1 aromatic carbocycles. The lowest BCUT2D eigenvalue weighted by atomic mass is 10.3. The van der Waals surface area contributed by atoms with Crippen molar-refractivity contribution in [1.82, 2.24) is 9.55 Å². The van der Waals surface area contributed by atoms with Crippen molar-refractivity contribution in [2.45, 2.75) is 6.54 Å². The van der Waals surface area contributed by atoms with Gasteiger partial charge in [0.05, 0.1) is 24.0 Å². The van der Waals surface area contributed by atoms with Crippen molar-refractivity contribution in [3.63, 3.8) is 0 Å². The predicted octanol–water partition coefficient (Wildman–Crippen LogP) is 0.740. The molecule has 7 heteroatoms. The minimum absolute atomic E-state index is 0.153. The van der Waals surface area contributed by atoms with E-state index in [-0.39, 0.29) is 6.61 Å². The number of para-hydroxylation sites is 2. The Labute approximate surface area is 114 Å². The molecule has 7 nitrogen and oxygen atoms in total. The van der Waals surface area contributed by atoms with Gasteiger partial charge in [0.2, 0.25) is 0 Å². The highest BCUT2D eigenvalue weighted by Crippen LogP contribution is 2.10. The van der Waals surface area contributed by atoms with Gasteiger partial charge in [0, 0.05) is 18.7 Å². The number of carboxylic acid groups (broad SMARTS) is 2. The number of hydrogen-bond donors (Lipinski definition) is 3. The Morgan fingerprint density at radius 1 is 1.15 bits per heavy atom. The Balaban J connectivity index is 0.000000221. The highest BCUT2D eigenvalue weighted by molar-refractivity contribution is 5.89. The number of fused-ring (bicyclic) bond motifs is 1. The van der Waals surface area contributed by atoms with Gasteiger partial charge in [-0.05, 0) is 12.1 Å². The van der Waals surface area contributed by atoms with E-state index >= 15 is 0 Å². The first-order valence-corrected chi connectivity index (χ1v) is 5.69. The molecule has 0 fully saturated rings. The third-order valence-corrected chi connectivity index (χ3v) is 2.24. The summed E-state index contributed by atoms with van der Waals surface area (Å²) in [6, 6.07) is 7.89. The summed E-state index contributed by atoms with van der Waals surface area (Å²) in [6.45, 7) is 0.765. The molecule has 0 aliphatic rings. The molecule has 0 radical (unpaired) electrons. The zero-order valence-electron chi connectivity index (χ0n) is 10.5. The predicted molar refractivity (Wildman–Crippen MR) is 71.2 cm³/mol.